The summed E-state index contributed by atoms with van der Waals surface area (Å²) in [5.74, 6) is -1.72. The van der Waals surface area contributed by atoms with Crippen LogP contribution in [0.5, 0.6) is 0 Å². The van der Waals surface area contributed by atoms with Crippen LogP contribution in [0.3, 0.4) is 0 Å². The van der Waals surface area contributed by atoms with E-state index in [-0.39, 0.29) is 12.4 Å². The third-order valence-electron chi connectivity index (χ3n) is 4.26. The maximum atomic E-state index is 13.3. The van der Waals surface area contributed by atoms with Gasteiger partial charge in [0.05, 0.1) is 11.1 Å². The summed E-state index contributed by atoms with van der Waals surface area (Å²) in [5, 5.41) is 0. The Morgan fingerprint density at radius 1 is 1.08 bits per heavy atom. The predicted octanol–water partition coefficient (Wildman–Crippen LogP) is 2.47. The van der Waals surface area contributed by atoms with Crippen molar-refractivity contribution in [3.05, 3.63) is 71.0 Å². The molecule has 2 aromatic rings. The number of imide groups is 1. The number of benzene rings is 2. The quantitative estimate of drug-likeness (QED) is 0.804. The summed E-state index contributed by atoms with van der Waals surface area (Å²) in [5.41, 5.74) is 1.24. The van der Waals surface area contributed by atoms with Crippen molar-refractivity contribution in [1.82, 2.24) is 9.80 Å². The van der Waals surface area contributed by atoms with E-state index in [1.54, 1.807) is 43.4 Å². The van der Waals surface area contributed by atoms with Crippen LogP contribution in [0.15, 0.2) is 48.5 Å². The smallest absolute Gasteiger partial charge is 0.262 e. The van der Waals surface area contributed by atoms with Crippen LogP contribution < -0.4 is 0 Å². The van der Waals surface area contributed by atoms with Crippen LogP contribution >= 0.6 is 0 Å². The Labute approximate surface area is 144 Å². The third kappa shape index (κ3) is 3.03. The molecule has 0 saturated carbocycles. The van der Waals surface area contributed by atoms with Crippen LogP contribution in [0, 0.1) is 5.82 Å². The second kappa shape index (κ2) is 6.47. The SMILES string of the molecule is CC(C(=O)N(C)Cc1cccc(F)c1)N1C(=O)c2ccccc2C1=O. The summed E-state index contributed by atoms with van der Waals surface area (Å²) in [6, 6.07) is 11.5. The molecule has 0 spiro atoms. The van der Waals surface area contributed by atoms with Crippen molar-refractivity contribution < 1.29 is 18.8 Å². The van der Waals surface area contributed by atoms with Crippen molar-refractivity contribution in [2.24, 2.45) is 0 Å². The second-order valence-corrected chi connectivity index (χ2v) is 6.03. The molecule has 6 heteroatoms. The summed E-state index contributed by atoms with van der Waals surface area (Å²) < 4.78 is 13.3. The van der Waals surface area contributed by atoms with Crippen LogP contribution in [-0.2, 0) is 11.3 Å². The molecule has 25 heavy (non-hydrogen) atoms. The Hall–Kier alpha value is -3.02. The monoisotopic (exact) mass is 340 g/mol. The molecule has 128 valence electrons. The van der Waals surface area contributed by atoms with Gasteiger partial charge in [0.15, 0.2) is 0 Å². The van der Waals surface area contributed by atoms with Gasteiger partial charge in [-0.1, -0.05) is 24.3 Å². The first-order valence-corrected chi connectivity index (χ1v) is 7.86. The number of halogens is 1. The Balaban J connectivity index is 1.77. The van der Waals surface area contributed by atoms with Crippen LogP contribution in [0.2, 0.25) is 0 Å². The third-order valence-corrected chi connectivity index (χ3v) is 4.26. The molecule has 0 fully saturated rings. The van der Waals surface area contributed by atoms with Gasteiger partial charge in [0.2, 0.25) is 5.91 Å². The fraction of sp³-hybridized carbons (Fsp3) is 0.211. The van der Waals surface area contributed by atoms with E-state index in [1.807, 2.05) is 0 Å². The highest BCUT2D eigenvalue weighted by atomic mass is 19.1. The summed E-state index contributed by atoms with van der Waals surface area (Å²) in [6.45, 7) is 1.70. The van der Waals surface area contributed by atoms with Crippen molar-refractivity contribution in [1.29, 1.82) is 0 Å². The summed E-state index contributed by atoms with van der Waals surface area (Å²) in [7, 11) is 1.56. The first-order chi connectivity index (χ1) is 11.9. The second-order valence-electron chi connectivity index (χ2n) is 6.03. The molecular weight excluding hydrogens is 323 g/mol. The highest BCUT2D eigenvalue weighted by Crippen LogP contribution is 2.25. The predicted molar refractivity (Wildman–Crippen MR) is 89.3 cm³/mol. The van der Waals surface area contributed by atoms with E-state index in [0.29, 0.717) is 16.7 Å². The van der Waals surface area contributed by atoms with Crippen molar-refractivity contribution in [2.75, 3.05) is 7.05 Å². The lowest BCUT2D eigenvalue weighted by Gasteiger charge is -2.26. The van der Waals surface area contributed by atoms with Gasteiger partial charge in [-0.3, -0.25) is 19.3 Å². The molecule has 1 unspecified atom stereocenters. The van der Waals surface area contributed by atoms with Gasteiger partial charge in [0.25, 0.3) is 11.8 Å². The first-order valence-electron chi connectivity index (χ1n) is 7.86. The topological polar surface area (TPSA) is 57.7 Å². The van der Waals surface area contributed by atoms with Crippen molar-refractivity contribution in [3.8, 4) is 0 Å². The highest BCUT2D eigenvalue weighted by Gasteiger charge is 2.41. The largest absolute Gasteiger partial charge is 0.340 e. The molecule has 3 amide bonds. The number of fused-ring (bicyclic) bond motifs is 1. The minimum atomic E-state index is -0.939. The summed E-state index contributed by atoms with van der Waals surface area (Å²) in [6.07, 6.45) is 0. The Kier molecular flexibility index (Phi) is 4.35. The minimum absolute atomic E-state index is 0.185. The van der Waals surface area contributed by atoms with Crippen molar-refractivity contribution in [3.63, 3.8) is 0 Å². The van der Waals surface area contributed by atoms with E-state index in [4.69, 9.17) is 0 Å². The van der Waals surface area contributed by atoms with Crippen LogP contribution in [-0.4, -0.2) is 40.6 Å². The molecule has 0 aromatic heterocycles. The van der Waals surface area contributed by atoms with E-state index in [9.17, 15) is 18.8 Å². The maximum Gasteiger partial charge on any atom is 0.262 e. The lowest BCUT2D eigenvalue weighted by Crippen LogP contribution is -2.48. The molecule has 0 saturated heterocycles. The lowest BCUT2D eigenvalue weighted by atomic mass is 10.1. The van der Waals surface area contributed by atoms with Gasteiger partial charge >= 0.3 is 0 Å². The molecule has 2 aromatic carbocycles. The Bertz CT molecular complexity index is 830. The molecule has 0 N–H and O–H groups in total. The lowest BCUT2D eigenvalue weighted by molar-refractivity contribution is -0.134. The van der Waals surface area contributed by atoms with Gasteiger partial charge in [-0.25, -0.2) is 4.39 Å². The molecule has 1 aliphatic rings. The van der Waals surface area contributed by atoms with Gasteiger partial charge in [-0.05, 0) is 36.8 Å². The van der Waals surface area contributed by atoms with Gasteiger partial charge in [-0.15, -0.1) is 0 Å². The fourth-order valence-electron chi connectivity index (χ4n) is 2.98. The molecule has 0 aliphatic carbocycles. The van der Waals surface area contributed by atoms with E-state index in [1.165, 1.54) is 24.0 Å². The zero-order chi connectivity index (χ0) is 18.1. The Morgan fingerprint density at radius 3 is 2.24 bits per heavy atom. The van der Waals surface area contributed by atoms with Crippen molar-refractivity contribution in [2.45, 2.75) is 19.5 Å². The van der Waals surface area contributed by atoms with Gasteiger partial charge in [0.1, 0.15) is 11.9 Å². The molecule has 0 radical (unpaired) electrons. The zero-order valence-electron chi connectivity index (χ0n) is 13.9. The van der Waals surface area contributed by atoms with Crippen LogP contribution in [0.4, 0.5) is 4.39 Å². The summed E-state index contributed by atoms with van der Waals surface area (Å²) >= 11 is 0. The fourth-order valence-corrected chi connectivity index (χ4v) is 2.98. The molecule has 5 nitrogen and oxygen atoms in total. The van der Waals surface area contributed by atoms with E-state index in [0.717, 1.165) is 4.90 Å². The number of likely N-dealkylation sites (N-methyl/N-ethyl adjacent to an activating group) is 1. The van der Waals surface area contributed by atoms with Gasteiger partial charge < -0.3 is 4.90 Å². The molecule has 1 heterocycles. The Morgan fingerprint density at radius 2 is 1.68 bits per heavy atom. The molecule has 0 bridgehead atoms. The number of rotatable bonds is 4. The average molecular weight is 340 g/mol. The van der Waals surface area contributed by atoms with E-state index >= 15 is 0 Å². The van der Waals surface area contributed by atoms with E-state index < -0.39 is 23.8 Å². The number of carbonyl (C=O) groups is 3. The number of carbonyl (C=O) groups excluding carboxylic acids is 3. The molecular formula is C19H17FN2O3. The number of nitrogens with zero attached hydrogens (tertiary/aromatic N) is 2. The number of hydrogen-bond acceptors (Lipinski definition) is 3. The van der Waals surface area contributed by atoms with Crippen LogP contribution in [0.25, 0.3) is 0 Å². The molecule has 1 atom stereocenters. The highest BCUT2D eigenvalue weighted by molar-refractivity contribution is 6.22. The molecule has 1 aliphatic heterocycles. The normalized spacial score (nSPS) is 14.4. The number of hydrogen-bond donors (Lipinski definition) is 0. The van der Waals surface area contributed by atoms with Crippen molar-refractivity contribution >= 4 is 17.7 Å². The zero-order valence-corrected chi connectivity index (χ0v) is 13.9. The minimum Gasteiger partial charge on any atom is -0.340 e. The first kappa shape index (κ1) is 16.8. The standard InChI is InChI=1S/C19H17FN2O3/c1-12(17(23)21(2)11-13-6-5-7-14(20)10-13)22-18(24)15-8-3-4-9-16(15)19(22)25/h3-10,12H,11H2,1-2H3. The summed E-state index contributed by atoms with van der Waals surface area (Å²) in [4.78, 5) is 39.9. The van der Waals surface area contributed by atoms with Gasteiger partial charge in [0, 0.05) is 13.6 Å². The maximum absolute atomic E-state index is 13.3. The number of amides is 3. The molecule has 3 rings (SSSR count). The van der Waals surface area contributed by atoms with Gasteiger partial charge in [-0.2, -0.15) is 0 Å². The van der Waals surface area contributed by atoms with E-state index in [2.05, 4.69) is 0 Å². The van der Waals surface area contributed by atoms with Crippen LogP contribution in [0.1, 0.15) is 33.2 Å². The average Bonchev–Trinajstić information content (AvgIpc) is 2.85.